The van der Waals surface area contributed by atoms with E-state index in [0.29, 0.717) is 18.0 Å². The Hall–Kier alpha value is -1.59. The van der Waals surface area contributed by atoms with Crippen LogP contribution in [0, 0.1) is 6.92 Å². The molecule has 0 radical (unpaired) electrons. The van der Waals surface area contributed by atoms with E-state index in [2.05, 4.69) is 5.32 Å². The predicted octanol–water partition coefficient (Wildman–Crippen LogP) is 1.45. The molecule has 3 N–H and O–H groups in total. The van der Waals surface area contributed by atoms with E-state index in [1.165, 1.54) is 0 Å². The Labute approximate surface area is 113 Å². The third kappa shape index (κ3) is 3.94. The molecule has 1 amide bonds. The minimum Gasteiger partial charge on any atom is -0.489 e. The third-order valence-corrected chi connectivity index (χ3v) is 3.05. The zero-order valence-corrected chi connectivity index (χ0v) is 11.1. The van der Waals surface area contributed by atoms with Crippen LogP contribution >= 0.6 is 0 Å². The summed E-state index contributed by atoms with van der Waals surface area (Å²) >= 11 is 0. The van der Waals surface area contributed by atoms with Gasteiger partial charge in [0.25, 0.3) is 0 Å². The lowest BCUT2D eigenvalue weighted by atomic mass is 10.2. The first-order chi connectivity index (χ1) is 9.19. The highest BCUT2D eigenvalue weighted by molar-refractivity contribution is 5.93. The molecule has 0 aliphatic carbocycles. The lowest BCUT2D eigenvalue weighted by molar-refractivity contribution is -0.114. The zero-order chi connectivity index (χ0) is 13.7. The summed E-state index contributed by atoms with van der Waals surface area (Å²) in [6, 6.07) is 5.65. The summed E-state index contributed by atoms with van der Waals surface area (Å²) in [6.45, 7) is 3.25. The van der Waals surface area contributed by atoms with Crippen LogP contribution in [0.4, 0.5) is 5.69 Å². The largest absolute Gasteiger partial charge is 0.489 e. The van der Waals surface area contributed by atoms with Gasteiger partial charge < -0.3 is 20.5 Å². The van der Waals surface area contributed by atoms with Crippen LogP contribution < -0.4 is 15.8 Å². The van der Waals surface area contributed by atoms with Crippen molar-refractivity contribution in [2.24, 2.45) is 5.73 Å². The summed E-state index contributed by atoms with van der Waals surface area (Å²) in [7, 11) is 0. The molecule has 1 saturated heterocycles. The van der Waals surface area contributed by atoms with Gasteiger partial charge in [0.1, 0.15) is 12.4 Å². The molecule has 1 aromatic rings. The van der Waals surface area contributed by atoms with Gasteiger partial charge in [0.05, 0.1) is 18.3 Å². The molecule has 5 heteroatoms. The Morgan fingerprint density at radius 3 is 3.11 bits per heavy atom. The minimum absolute atomic E-state index is 0.0426. The zero-order valence-electron chi connectivity index (χ0n) is 11.1. The van der Waals surface area contributed by atoms with E-state index < -0.39 is 0 Å². The second-order valence-corrected chi connectivity index (χ2v) is 4.70. The molecule has 19 heavy (non-hydrogen) atoms. The summed E-state index contributed by atoms with van der Waals surface area (Å²) < 4.78 is 11.3. The monoisotopic (exact) mass is 264 g/mol. The summed E-state index contributed by atoms with van der Waals surface area (Å²) in [5.41, 5.74) is 7.03. The van der Waals surface area contributed by atoms with Crippen LogP contribution in [0.5, 0.6) is 5.75 Å². The summed E-state index contributed by atoms with van der Waals surface area (Å²) in [5.74, 6) is 0.433. The van der Waals surface area contributed by atoms with Crippen molar-refractivity contribution in [3.63, 3.8) is 0 Å². The molecule has 1 heterocycles. The Balaban J connectivity index is 2.03. The highest BCUT2D eigenvalue weighted by Crippen LogP contribution is 2.26. The van der Waals surface area contributed by atoms with Gasteiger partial charge >= 0.3 is 0 Å². The number of carbonyl (C=O) groups is 1. The summed E-state index contributed by atoms with van der Waals surface area (Å²) in [4.78, 5) is 11.4. The van der Waals surface area contributed by atoms with Gasteiger partial charge in [-0.15, -0.1) is 0 Å². The van der Waals surface area contributed by atoms with Crippen molar-refractivity contribution in [1.82, 2.24) is 0 Å². The first-order valence-electron chi connectivity index (χ1n) is 6.54. The number of ether oxygens (including phenoxy) is 2. The van der Waals surface area contributed by atoms with Crippen LogP contribution in [-0.4, -0.2) is 31.8 Å². The fourth-order valence-electron chi connectivity index (χ4n) is 2.01. The van der Waals surface area contributed by atoms with Gasteiger partial charge in [0.2, 0.25) is 5.91 Å². The van der Waals surface area contributed by atoms with Crippen LogP contribution in [0.3, 0.4) is 0 Å². The van der Waals surface area contributed by atoms with Gasteiger partial charge in [-0.25, -0.2) is 0 Å². The minimum atomic E-state index is -0.231. The maximum absolute atomic E-state index is 11.4. The van der Waals surface area contributed by atoms with Crippen molar-refractivity contribution >= 4 is 11.6 Å². The van der Waals surface area contributed by atoms with Gasteiger partial charge in [-0.1, -0.05) is 6.07 Å². The van der Waals surface area contributed by atoms with Gasteiger partial charge in [0.15, 0.2) is 0 Å². The number of amides is 1. The molecule has 2 rings (SSSR count). The fourth-order valence-corrected chi connectivity index (χ4v) is 2.01. The molecule has 0 spiro atoms. The molecule has 1 aromatic carbocycles. The average Bonchev–Trinajstić information content (AvgIpc) is 2.92. The Kier molecular flexibility index (Phi) is 4.76. The number of rotatable bonds is 5. The maximum atomic E-state index is 11.4. The number of carbonyl (C=O) groups excluding carboxylic acids is 1. The van der Waals surface area contributed by atoms with Gasteiger partial charge in [-0.2, -0.15) is 0 Å². The van der Waals surface area contributed by atoms with Crippen LogP contribution in [0.15, 0.2) is 18.2 Å². The summed E-state index contributed by atoms with van der Waals surface area (Å²) in [5, 5.41) is 2.73. The van der Waals surface area contributed by atoms with Crippen molar-refractivity contribution < 1.29 is 14.3 Å². The lowest BCUT2D eigenvalue weighted by Gasteiger charge is -2.15. The fraction of sp³-hybridized carbons (Fsp3) is 0.500. The van der Waals surface area contributed by atoms with Crippen LogP contribution in [-0.2, 0) is 9.53 Å². The standard InChI is InChI=1S/C14H20N2O3/c1-10-4-5-12(16-14(17)8-15)13(7-10)19-9-11-3-2-6-18-11/h4-5,7,11H,2-3,6,8-9,15H2,1H3,(H,16,17). The quantitative estimate of drug-likeness (QED) is 0.844. The van der Waals surface area contributed by atoms with Crippen molar-refractivity contribution in [3.8, 4) is 5.75 Å². The van der Waals surface area contributed by atoms with E-state index in [4.69, 9.17) is 15.2 Å². The van der Waals surface area contributed by atoms with Crippen molar-refractivity contribution in [1.29, 1.82) is 0 Å². The van der Waals surface area contributed by atoms with Crippen molar-refractivity contribution in [2.75, 3.05) is 25.1 Å². The molecule has 1 fully saturated rings. The number of nitrogens with two attached hydrogens (primary N) is 1. The first kappa shape index (κ1) is 13.8. The second-order valence-electron chi connectivity index (χ2n) is 4.70. The summed E-state index contributed by atoms with van der Waals surface area (Å²) in [6.07, 6.45) is 2.26. The molecule has 1 unspecified atom stereocenters. The predicted molar refractivity (Wildman–Crippen MR) is 73.3 cm³/mol. The van der Waals surface area contributed by atoms with E-state index >= 15 is 0 Å². The number of nitrogens with one attached hydrogen (secondary N) is 1. The number of hydrogen-bond donors (Lipinski definition) is 2. The highest BCUT2D eigenvalue weighted by Gasteiger charge is 2.17. The maximum Gasteiger partial charge on any atom is 0.238 e. The van der Waals surface area contributed by atoms with Crippen molar-refractivity contribution in [2.45, 2.75) is 25.9 Å². The SMILES string of the molecule is Cc1ccc(NC(=O)CN)c(OCC2CCCO2)c1. The smallest absolute Gasteiger partial charge is 0.238 e. The molecule has 1 aliphatic heterocycles. The number of anilines is 1. The lowest BCUT2D eigenvalue weighted by Crippen LogP contribution is -2.23. The Bertz CT molecular complexity index is 442. The van der Waals surface area contributed by atoms with Gasteiger partial charge in [0, 0.05) is 6.61 Å². The normalized spacial score (nSPS) is 18.3. The van der Waals surface area contributed by atoms with E-state index in [0.717, 1.165) is 25.0 Å². The molecule has 5 nitrogen and oxygen atoms in total. The second kappa shape index (κ2) is 6.54. The molecule has 0 saturated carbocycles. The Morgan fingerprint density at radius 2 is 2.42 bits per heavy atom. The molecule has 0 bridgehead atoms. The number of benzene rings is 1. The van der Waals surface area contributed by atoms with E-state index in [9.17, 15) is 4.79 Å². The van der Waals surface area contributed by atoms with Crippen LogP contribution in [0.1, 0.15) is 18.4 Å². The number of hydrogen-bond acceptors (Lipinski definition) is 4. The topological polar surface area (TPSA) is 73.6 Å². The van der Waals surface area contributed by atoms with Crippen molar-refractivity contribution in [3.05, 3.63) is 23.8 Å². The van der Waals surface area contributed by atoms with E-state index in [1.54, 1.807) is 0 Å². The van der Waals surface area contributed by atoms with Gasteiger partial charge in [-0.3, -0.25) is 4.79 Å². The molecule has 1 aliphatic rings. The third-order valence-electron chi connectivity index (χ3n) is 3.05. The van der Waals surface area contributed by atoms with E-state index in [1.807, 2.05) is 25.1 Å². The molecule has 104 valence electrons. The molecule has 1 atom stereocenters. The van der Waals surface area contributed by atoms with Crippen LogP contribution in [0.25, 0.3) is 0 Å². The van der Waals surface area contributed by atoms with Gasteiger partial charge in [-0.05, 0) is 37.5 Å². The highest BCUT2D eigenvalue weighted by atomic mass is 16.5. The molecular weight excluding hydrogens is 244 g/mol. The van der Waals surface area contributed by atoms with E-state index in [-0.39, 0.29) is 18.6 Å². The Morgan fingerprint density at radius 1 is 1.58 bits per heavy atom. The molecular formula is C14H20N2O3. The number of aryl methyl sites for hydroxylation is 1. The first-order valence-corrected chi connectivity index (χ1v) is 6.54. The molecule has 0 aromatic heterocycles. The van der Waals surface area contributed by atoms with Crippen LogP contribution in [0.2, 0.25) is 0 Å². The average molecular weight is 264 g/mol.